The van der Waals surface area contributed by atoms with E-state index < -0.39 is 0 Å². The summed E-state index contributed by atoms with van der Waals surface area (Å²) in [6.07, 6.45) is 0.671. The second-order valence-corrected chi connectivity index (χ2v) is 5.16. The molecule has 0 aromatic rings. The van der Waals surface area contributed by atoms with E-state index in [9.17, 15) is 4.79 Å². The molecule has 0 bridgehead atoms. The summed E-state index contributed by atoms with van der Waals surface area (Å²) in [5.74, 6) is 0.347. The van der Waals surface area contributed by atoms with Crippen LogP contribution in [0.5, 0.6) is 0 Å². The van der Waals surface area contributed by atoms with Crippen molar-refractivity contribution in [2.75, 3.05) is 32.8 Å². The predicted molar refractivity (Wildman–Crippen MR) is 56.3 cm³/mol. The zero-order valence-electron chi connectivity index (χ0n) is 9.51. The maximum Gasteiger partial charge on any atom is 0.147 e. The fourth-order valence-electron chi connectivity index (χ4n) is 1.66. The first-order valence-corrected chi connectivity index (χ1v) is 5.29. The van der Waals surface area contributed by atoms with Crippen molar-refractivity contribution in [3.8, 4) is 0 Å². The average molecular weight is 199 g/mol. The lowest BCUT2D eigenvalue weighted by atomic mass is 9.90. The van der Waals surface area contributed by atoms with Crippen LogP contribution in [0.25, 0.3) is 0 Å². The van der Waals surface area contributed by atoms with E-state index in [1.54, 1.807) is 0 Å². The Bertz CT molecular complexity index is 190. The van der Waals surface area contributed by atoms with Gasteiger partial charge in [-0.15, -0.1) is 0 Å². The second-order valence-electron chi connectivity index (χ2n) is 5.16. The van der Waals surface area contributed by atoms with E-state index in [2.05, 4.69) is 25.7 Å². The van der Waals surface area contributed by atoms with Gasteiger partial charge in [0.25, 0.3) is 0 Å². The Hall–Kier alpha value is -0.410. The van der Waals surface area contributed by atoms with Crippen LogP contribution in [0.2, 0.25) is 0 Å². The largest absolute Gasteiger partial charge is 0.379 e. The topological polar surface area (TPSA) is 29.5 Å². The van der Waals surface area contributed by atoms with Gasteiger partial charge in [-0.25, -0.2) is 0 Å². The van der Waals surface area contributed by atoms with Gasteiger partial charge in [0, 0.05) is 19.5 Å². The summed E-state index contributed by atoms with van der Waals surface area (Å²) < 4.78 is 5.23. The molecule has 14 heavy (non-hydrogen) atoms. The number of hydrogen-bond donors (Lipinski definition) is 0. The normalized spacial score (nSPS) is 19.6. The molecule has 3 nitrogen and oxygen atoms in total. The third-order valence-corrected chi connectivity index (χ3v) is 2.23. The number of hydrogen-bond acceptors (Lipinski definition) is 3. The minimum atomic E-state index is 0.114. The van der Waals surface area contributed by atoms with Crippen molar-refractivity contribution >= 4 is 5.78 Å². The molecule has 0 radical (unpaired) electrons. The minimum Gasteiger partial charge on any atom is -0.379 e. The SMILES string of the molecule is CC(C)(C)CC(=O)CN1CCOCC1. The van der Waals surface area contributed by atoms with Crippen molar-refractivity contribution in [2.24, 2.45) is 5.41 Å². The summed E-state index contributed by atoms with van der Waals surface area (Å²) in [6, 6.07) is 0. The third-order valence-electron chi connectivity index (χ3n) is 2.23. The zero-order chi connectivity index (χ0) is 10.6. The smallest absolute Gasteiger partial charge is 0.147 e. The van der Waals surface area contributed by atoms with E-state index in [-0.39, 0.29) is 5.41 Å². The maximum absolute atomic E-state index is 11.6. The van der Waals surface area contributed by atoms with Gasteiger partial charge in [-0.05, 0) is 5.41 Å². The van der Waals surface area contributed by atoms with Crippen molar-refractivity contribution in [3.05, 3.63) is 0 Å². The number of ketones is 1. The fourth-order valence-corrected chi connectivity index (χ4v) is 1.66. The van der Waals surface area contributed by atoms with Crippen LogP contribution in [-0.4, -0.2) is 43.5 Å². The summed E-state index contributed by atoms with van der Waals surface area (Å²) in [6.45, 7) is 10.2. The Morgan fingerprint density at radius 2 is 1.86 bits per heavy atom. The Morgan fingerprint density at radius 1 is 1.29 bits per heavy atom. The lowest BCUT2D eigenvalue weighted by Crippen LogP contribution is -2.40. The molecule has 0 saturated carbocycles. The first-order valence-electron chi connectivity index (χ1n) is 5.29. The molecule has 1 heterocycles. The first-order chi connectivity index (χ1) is 6.47. The second kappa shape index (κ2) is 4.89. The quantitative estimate of drug-likeness (QED) is 0.686. The van der Waals surface area contributed by atoms with Crippen LogP contribution >= 0.6 is 0 Å². The summed E-state index contributed by atoms with van der Waals surface area (Å²) in [5, 5.41) is 0. The van der Waals surface area contributed by atoms with Crippen molar-refractivity contribution in [1.82, 2.24) is 4.90 Å². The van der Waals surface area contributed by atoms with Gasteiger partial charge in [-0.3, -0.25) is 9.69 Å². The van der Waals surface area contributed by atoms with Crippen molar-refractivity contribution in [3.63, 3.8) is 0 Å². The molecule has 1 aliphatic heterocycles. The highest BCUT2D eigenvalue weighted by Crippen LogP contribution is 2.18. The molecule has 0 amide bonds. The lowest BCUT2D eigenvalue weighted by molar-refractivity contribution is -0.122. The molecule has 0 aliphatic carbocycles. The number of carbonyl (C=O) groups is 1. The minimum absolute atomic E-state index is 0.114. The third kappa shape index (κ3) is 4.72. The molecule has 82 valence electrons. The Morgan fingerprint density at radius 3 is 2.36 bits per heavy atom. The molecule has 1 aliphatic rings. The van der Waals surface area contributed by atoms with Crippen molar-refractivity contribution in [2.45, 2.75) is 27.2 Å². The number of ether oxygens (including phenoxy) is 1. The number of morpholine rings is 1. The highest BCUT2D eigenvalue weighted by Gasteiger charge is 2.19. The van der Waals surface area contributed by atoms with Gasteiger partial charge in [0.1, 0.15) is 5.78 Å². The molecule has 0 aromatic carbocycles. The van der Waals surface area contributed by atoms with Crippen molar-refractivity contribution < 1.29 is 9.53 Å². The van der Waals surface area contributed by atoms with Crippen LogP contribution in [0.3, 0.4) is 0 Å². The highest BCUT2D eigenvalue weighted by molar-refractivity contribution is 5.81. The summed E-state index contributed by atoms with van der Waals surface area (Å²) in [5.41, 5.74) is 0.114. The molecule has 0 spiro atoms. The standard InChI is InChI=1S/C11H21NO2/c1-11(2,3)8-10(13)9-12-4-6-14-7-5-12/h4-9H2,1-3H3. The van der Waals surface area contributed by atoms with Gasteiger partial charge in [-0.2, -0.15) is 0 Å². The molecule has 3 heteroatoms. The Balaban J connectivity index is 2.25. The molecular weight excluding hydrogens is 178 g/mol. The van der Waals surface area contributed by atoms with E-state index in [0.717, 1.165) is 26.3 Å². The summed E-state index contributed by atoms with van der Waals surface area (Å²) >= 11 is 0. The van der Waals surface area contributed by atoms with Gasteiger partial charge < -0.3 is 4.74 Å². The molecule has 1 saturated heterocycles. The molecule has 0 N–H and O–H groups in total. The molecule has 0 unspecified atom stereocenters. The molecule has 1 rings (SSSR count). The van der Waals surface area contributed by atoms with E-state index in [0.29, 0.717) is 18.7 Å². The number of carbonyl (C=O) groups excluding carboxylic acids is 1. The highest BCUT2D eigenvalue weighted by atomic mass is 16.5. The van der Waals surface area contributed by atoms with Crippen molar-refractivity contribution in [1.29, 1.82) is 0 Å². The zero-order valence-corrected chi connectivity index (χ0v) is 9.51. The maximum atomic E-state index is 11.6. The first kappa shape index (κ1) is 11.7. The van der Waals surface area contributed by atoms with Crippen LogP contribution in [0, 0.1) is 5.41 Å². The molecular formula is C11H21NO2. The summed E-state index contributed by atoms with van der Waals surface area (Å²) in [7, 11) is 0. The van der Waals surface area contributed by atoms with Gasteiger partial charge in [0.2, 0.25) is 0 Å². The van der Waals surface area contributed by atoms with E-state index in [4.69, 9.17) is 4.74 Å². The molecule has 0 atom stereocenters. The fraction of sp³-hybridized carbons (Fsp3) is 0.909. The van der Waals surface area contributed by atoms with E-state index in [1.807, 2.05) is 0 Å². The Kier molecular flexibility index (Phi) is 4.08. The Labute approximate surface area is 86.4 Å². The van der Waals surface area contributed by atoms with Crippen LogP contribution in [0.15, 0.2) is 0 Å². The monoisotopic (exact) mass is 199 g/mol. The van der Waals surface area contributed by atoms with Gasteiger partial charge in [-0.1, -0.05) is 20.8 Å². The van der Waals surface area contributed by atoms with Crippen LogP contribution < -0.4 is 0 Å². The number of rotatable bonds is 3. The van der Waals surface area contributed by atoms with Crippen LogP contribution in [0.4, 0.5) is 0 Å². The van der Waals surface area contributed by atoms with Gasteiger partial charge in [0.15, 0.2) is 0 Å². The average Bonchev–Trinajstić information content (AvgIpc) is 2.02. The molecule has 1 fully saturated rings. The summed E-state index contributed by atoms with van der Waals surface area (Å²) in [4.78, 5) is 13.8. The molecule has 0 aromatic heterocycles. The predicted octanol–water partition coefficient (Wildman–Crippen LogP) is 1.32. The van der Waals surface area contributed by atoms with E-state index in [1.165, 1.54) is 0 Å². The van der Waals surface area contributed by atoms with Gasteiger partial charge in [0.05, 0.1) is 19.8 Å². The number of Topliss-reactive ketones (excluding diaryl/α,β-unsaturated/α-hetero) is 1. The lowest BCUT2D eigenvalue weighted by Gasteiger charge is -2.27. The van der Waals surface area contributed by atoms with Crippen LogP contribution in [0.1, 0.15) is 27.2 Å². The van der Waals surface area contributed by atoms with E-state index >= 15 is 0 Å². The number of nitrogens with zero attached hydrogens (tertiary/aromatic N) is 1. The van der Waals surface area contributed by atoms with Gasteiger partial charge >= 0.3 is 0 Å². The van der Waals surface area contributed by atoms with Crippen LogP contribution in [-0.2, 0) is 9.53 Å².